The second-order valence-electron chi connectivity index (χ2n) is 5.56. The number of esters is 1. The van der Waals surface area contributed by atoms with Gasteiger partial charge in [0, 0.05) is 11.9 Å². The quantitative estimate of drug-likeness (QED) is 0.668. The Hall–Kier alpha value is -3.74. The number of para-hydroxylation sites is 1. The predicted molar refractivity (Wildman–Crippen MR) is 99.7 cm³/mol. The molecule has 0 saturated carbocycles. The van der Waals surface area contributed by atoms with Crippen molar-refractivity contribution in [3.05, 3.63) is 83.8 Å². The Morgan fingerprint density at radius 2 is 1.81 bits per heavy atom. The van der Waals surface area contributed by atoms with E-state index in [-0.39, 0.29) is 5.91 Å². The van der Waals surface area contributed by atoms with Crippen LogP contribution in [0.1, 0.15) is 20.7 Å². The number of benzene rings is 2. The molecule has 0 aliphatic carbocycles. The SMILES string of the molecule is COC(=O)c1cccc(NC(=O)c2ccc(Nc3ccccc3F)nc2)c1. The molecular formula is C20H16FN3O3. The molecule has 2 N–H and O–H groups in total. The molecule has 7 heteroatoms. The smallest absolute Gasteiger partial charge is 0.337 e. The van der Waals surface area contributed by atoms with Crippen molar-refractivity contribution in [3.63, 3.8) is 0 Å². The number of methoxy groups -OCH3 is 1. The predicted octanol–water partition coefficient (Wildman–Crippen LogP) is 4.00. The molecule has 136 valence electrons. The fraction of sp³-hybridized carbons (Fsp3) is 0.0500. The molecule has 0 radical (unpaired) electrons. The maximum Gasteiger partial charge on any atom is 0.337 e. The van der Waals surface area contributed by atoms with Crippen LogP contribution in [0, 0.1) is 5.82 Å². The molecular weight excluding hydrogens is 349 g/mol. The van der Waals surface area contributed by atoms with E-state index in [0.29, 0.717) is 28.3 Å². The van der Waals surface area contributed by atoms with Gasteiger partial charge in [-0.25, -0.2) is 14.2 Å². The fourth-order valence-corrected chi connectivity index (χ4v) is 2.35. The number of rotatable bonds is 5. The molecule has 0 unspecified atom stereocenters. The van der Waals surface area contributed by atoms with E-state index in [9.17, 15) is 14.0 Å². The van der Waals surface area contributed by atoms with E-state index in [1.54, 1.807) is 48.5 Å². The number of nitrogens with zero attached hydrogens (tertiary/aromatic N) is 1. The Balaban J connectivity index is 1.69. The monoisotopic (exact) mass is 365 g/mol. The van der Waals surface area contributed by atoms with Crippen molar-refractivity contribution in [2.75, 3.05) is 17.7 Å². The number of ether oxygens (including phenoxy) is 1. The summed E-state index contributed by atoms with van der Waals surface area (Å²) >= 11 is 0. The van der Waals surface area contributed by atoms with Crippen LogP contribution in [-0.2, 0) is 4.74 Å². The average molecular weight is 365 g/mol. The summed E-state index contributed by atoms with van der Waals surface area (Å²) < 4.78 is 18.3. The number of pyridine rings is 1. The van der Waals surface area contributed by atoms with Crippen molar-refractivity contribution in [1.82, 2.24) is 4.98 Å². The van der Waals surface area contributed by atoms with E-state index < -0.39 is 11.8 Å². The Kier molecular flexibility index (Phi) is 5.41. The van der Waals surface area contributed by atoms with Crippen LogP contribution in [0.15, 0.2) is 66.9 Å². The minimum atomic E-state index is -0.490. The van der Waals surface area contributed by atoms with Gasteiger partial charge in [-0.15, -0.1) is 0 Å². The maximum absolute atomic E-state index is 13.7. The highest BCUT2D eigenvalue weighted by Crippen LogP contribution is 2.18. The van der Waals surface area contributed by atoms with Crippen molar-refractivity contribution in [1.29, 1.82) is 0 Å². The lowest BCUT2D eigenvalue weighted by atomic mass is 10.2. The zero-order chi connectivity index (χ0) is 19.2. The van der Waals surface area contributed by atoms with Gasteiger partial charge in [0.15, 0.2) is 0 Å². The maximum atomic E-state index is 13.7. The number of halogens is 1. The standard InChI is InChI=1S/C20H16FN3O3/c1-27-20(26)13-5-4-6-15(11-13)23-19(25)14-9-10-18(22-12-14)24-17-8-3-2-7-16(17)21/h2-12H,1H3,(H,22,24)(H,23,25). The lowest BCUT2D eigenvalue weighted by molar-refractivity contribution is 0.0600. The van der Waals surface area contributed by atoms with Crippen molar-refractivity contribution < 1.29 is 18.7 Å². The summed E-state index contributed by atoms with van der Waals surface area (Å²) in [7, 11) is 1.29. The second kappa shape index (κ2) is 8.09. The first-order chi connectivity index (χ1) is 13.1. The van der Waals surface area contributed by atoms with Gasteiger partial charge in [-0.1, -0.05) is 18.2 Å². The molecule has 0 aliphatic rings. The number of hydrogen-bond donors (Lipinski definition) is 2. The number of nitrogens with one attached hydrogen (secondary N) is 2. The Bertz CT molecular complexity index is 974. The summed E-state index contributed by atoms with van der Waals surface area (Å²) in [5, 5.41) is 5.53. The Labute approximate surface area is 155 Å². The van der Waals surface area contributed by atoms with Crippen molar-refractivity contribution in [3.8, 4) is 0 Å². The van der Waals surface area contributed by atoms with Crippen LogP contribution < -0.4 is 10.6 Å². The molecule has 27 heavy (non-hydrogen) atoms. The number of aromatic nitrogens is 1. The van der Waals surface area contributed by atoms with Gasteiger partial charge in [0.1, 0.15) is 11.6 Å². The highest BCUT2D eigenvalue weighted by Gasteiger charge is 2.10. The first-order valence-corrected chi connectivity index (χ1v) is 8.04. The second-order valence-corrected chi connectivity index (χ2v) is 5.56. The molecule has 1 amide bonds. The third-order valence-electron chi connectivity index (χ3n) is 3.70. The van der Waals surface area contributed by atoms with E-state index in [4.69, 9.17) is 0 Å². The van der Waals surface area contributed by atoms with Gasteiger partial charge >= 0.3 is 5.97 Å². The molecule has 1 heterocycles. The summed E-state index contributed by atoms with van der Waals surface area (Å²) in [6.07, 6.45) is 1.38. The molecule has 0 aliphatic heterocycles. The molecule has 0 bridgehead atoms. The van der Waals surface area contributed by atoms with E-state index >= 15 is 0 Å². The highest BCUT2D eigenvalue weighted by atomic mass is 19.1. The van der Waals surface area contributed by atoms with Crippen LogP contribution >= 0.6 is 0 Å². The Morgan fingerprint density at radius 3 is 2.52 bits per heavy atom. The van der Waals surface area contributed by atoms with Gasteiger partial charge in [-0.05, 0) is 42.5 Å². The number of anilines is 3. The van der Waals surface area contributed by atoms with Crippen molar-refractivity contribution >= 4 is 29.1 Å². The van der Waals surface area contributed by atoms with Gasteiger partial charge < -0.3 is 15.4 Å². The zero-order valence-electron chi connectivity index (χ0n) is 14.4. The molecule has 0 saturated heterocycles. The molecule has 0 fully saturated rings. The largest absolute Gasteiger partial charge is 0.465 e. The molecule has 0 atom stereocenters. The summed E-state index contributed by atoms with van der Waals surface area (Å²) in [5.41, 5.74) is 1.40. The summed E-state index contributed by atoms with van der Waals surface area (Å²) in [5.74, 6) is -0.866. The van der Waals surface area contributed by atoms with Crippen LogP contribution in [0.5, 0.6) is 0 Å². The molecule has 3 aromatic rings. The number of amides is 1. The number of carbonyl (C=O) groups excluding carboxylic acids is 2. The average Bonchev–Trinajstić information content (AvgIpc) is 2.70. The van der Waals surface area contributed by atoms with Gasteiger partial charge in [0.2, 0.25) is 0 Å². The van der Waals surface area contributed by atoms with Crippen LogP contribution in [0.2, 0.25) is 0 Å². The molecule has 2 aromatic carbocycles. The van der Waals surface area contributed by atoms with Gasteiger partial charge in [-0.3, -0.25) is 4.79 Å². The van der Waals surface area contributed by atoms with Crippen LogP contribution in [-0.4, -0.2) is 24.0 Å². The summed E-state index contributed by atoms with van der Waals surface area (Å²) in [6.45, 7) is 0. The lowest BCUT2D eigenvalue weighted by Gasteiger charge is -2.09. The minimum absolute atomic E-state index is 0.293. The van der Waals surface area contributed by atoms with Crippen molar-refractivity contribution in [2.24, 2.45) is 0 Å². The van der Waals surface area contributed by atoms with Crippen LogP contribution in [0.25, 0.3) is 0 Å². The first kappa shape index (κ1) is 18.1. The minimum Gasteiger partial charge on any atom is -0.465 e. The van der Waals surface area contributed by atoms with E-state index in [1.807, 2.05) is 0 Å². The third kappa shape index (κ3) is 4.46. The summed E-state index contributed by atoms with van der Waals surface area (Å²) in [6, 6.07) is 15.8. The Morgan fingerprint density at radius 1 is 1.00 bits per heavy atom. The van der Waals surface area contributed by atoms with E-state index in [0.717, 1.165) is 0 Å². The fourth-order valence-electron chi connectivity index (χ4n) is 2.35. The zero-order valence-corrected chi connectivity index (χ0v) is 14.4. The van der Waals surface area contributed by atoms with Crippen LogP contribution in [0.3, 0.4) is 0 Å². The highest BCUT2D eigenvalue weighted by molar-refractivity contribution is 6.04. The van der Waals surface area contributed by atoms with Gasteiger partial charge in [-0.2, -0.15) is 0 Å². The van der Waals surface area contributed by atoms with Crippen molar-refractivity contribution in [2.45, 2.75) is 0 Å². The first-order valence-electron chi connectivity index (χ1n) is 8.04. The molecule has 3 rings (SSSR count). The van der Waals surface area contributed by atoms with Gasteiger partial charge in [0.05, 0.1) is 23.9 Å². The van der Waals surface area contributed by atoms with E-state index in [2.05, 4.69) is 20.4 Å². The van der Waals surface area contributed by atoms with Crippen LogP contribution in [0.4, 0.5) is 21.6 Å². The molecule has 1 aromatic heterocycles. The van der Waals surface area contributed by atoms with Gasteiger partial charge in [0.25, 0.3) is 5.91 Å². The number of carbonyl (C=O) groups is 2. The summed E-state index contributed by atoms with van der Waals surface area (Å²) in [4.78, 5) is 28.0. The molecule has 0 spiro atoms. The normalized spacial score (nSPS) is 10.1. The lowest BCUT2D eigenvalue weighted by Crippen LogP contribution is -2.13. The topological polar surface area (TPSA) is 80.3 Å². The number of hydrogen-bond acceptors (Lipinski definition) is 5. The third-order valence-corrected chi connectivity index (χ3v) is 3.70. The van der Waals surface area contributed by atoms with E-state index in [1.165, 1.54) is 25.4 Å². The molecule has 6 nitrogen and oxygen atoms in total.